The van der Waals surface area contributed by atoms with Crippen molar-refractivity contribution < 1.29 is 14.8 Å². The molecule has 0 aliphatic heterocycles. The fourth-order valence-electron chi connectivity index (χ4n) is 3.11. The van der Waals surface area contributed by atoms with Crippen LogP contribution in [-0.4, -0.2) is 28.6 Å². The summed E-state index contributed by atoms with van der Waals surface area (Å²) in [7, 11) is 0. The molecule has 1 rings (SSSR count). The molecule has 0 aliphatic rings. The van der Waals surface area contributed by atoms with Crippen molar-refractivity contribution in [2.75, 3.05) is 6.54 Å². The molecule has 0 aliphatic carbocycles. The molecule has 1 aromatic rings. The van der Waals surface area contributed by atoms with E-state index in [1.807, 2.05) is 12.1 Å². The number of rotatable bonds is 15. The van der Waals surface area contributed by atoms with E-state index in [0.717, 1.165) is 6.42 Å². The molecule has 0 heterocycles. The van der Waals surface area contributed by atoms with Crippen LogP contribution in [0.3, 0.4) is 0 Å². The van der Waals surface area contributed by atoms with Gasteiger partial charge in [-0.05, 0) is 37.0 Å². The van der Waals surface area contributed by atoms with Gasteiger partial charge in [0, 0.05) is 18.5 Å². The van der Waals surface area contributed by atoms with E-state index < -0.39 is 11.8 Å². The lowest BCUT2D eigenvalue weighted by Crippen LogP contribution is -2.29. The van der Waals surface area contributed by atoms with Crippen LogP contribution in [-0.2, 0) is 11.2 Å². The van der Waals surface area contributed by atoms with Crippen LogP contribution in [0.4, 0.5) is 0 Å². The molecule has 152 valence electrons. The topological polar surface area (TPSA) is 83.6 Å². The number of amides is 2. The number of nitrogens with zero attached hydrogens (tertiary/aromatic N) is 1. The second-order valence-electron chi connectivity index (χ2n) is 7.27. The minimum Gasteiger partial charge on any atom is -0.370 e. The Hall–Kier alpha value is -1.88. The van der Waals surface area contributed by atoms with Gasteiger partial charge in [0.05, 0.1) is 0 Å². The summed E-state index contributed by atoms with van der Waals surface area (Å²) in [6.45, 7) is 2.34. The Morgan fingerprint density at radius 3 is 2.00 bits per heavy atom. The number of carbonyl (C=O) groups is 2. The monoisotopic (exact) mass is 376 g/mol. The van der Waals surface area contributed by atoms with E-state index in [1.54, 1.807) is 12.1 Å². The van der Waals surface area contributed by atoms with Gasteiger partial charge >= 0.3 is 0 Å². The minimum absolute atomic E-state index is 0.0992. The highest BCUT2D eigenvalue weighted by Gasteiger charge is 2.13. The third kappa shape index (κ3) is 10.8. The minimum atomic E-state index is -0.450. The first-order chi connectivity index (χ1) is 13.0. The molecule has 27 heavy (non-hydrogen) atoms. The van der Waals surface area contributed by atoms with Gasteiger partial charge < -0.3 is 5.73 Å². The van der Waals surface area contributed by atoms with Crippen molar-refractivity contribution in [1.29, 1.82) is 0 Å². The lowest BCUT2D eigenvalue weighted by Gasteiger charge is -2.14. The second kappa shape index (κ2) is 14.2. The molecule has 0 atom stereocenters. The number of nitrogens with two attached hydrogens (primary N) is 1. The fourth-order valence-corrected chi connectivity index (χ4v) is 3.11. The Morgan fingerprint density at radius 2 is 1.44 bits per heavy atom. The Balaban J connectivity index is 2.21. The Kier molecular flexibility index (Phi) is 12.2. The van der Waals surface area contributed by atoms with Crippen LogP contribution in [0, 0.1) is 0 Å². The first-order valence-electron chi connectivity index (χ1n) is 10.4. The summed E-state index contributed by atoms with van der Waals surface area (Å²) in [4.78, 5) is 22.8. The Morgan fingerprint density at radius 1 is 0.889 bits per heavy atom. The van der Waals surface area contributed by atoms with Crippen LogP contribution in [0.25, 0.3) is 0 Å². The van der Waals surface area contributed by atoms with Gasteiger partial charge in [-0.3, -0.25) is 14.8 Å². The summed E-state index contributed by atoms with van der Waals surface area (Å²) < 4.78 is 0. The van der Waals surface area contributed by atoms with Gasteiger partial charge in [0.15, 0.2) is 0 Å². The fraction of sp³-hybridized carbons (Fsp3) is 0.636. The third-order valence-corrected chi connectivity index (χ3v) is 4.80. The number of aryl methyl sites for hydroxylation is 1. The van der Waals surface area contributed by atoms with Gasteiger partial charge in [-0.1, -0.05) is 70.4 Å². The van der Waals surface area contributed by atoms with E-state index in [0.29, 0.717) is 17.0 Å². The number of hydrogen-bond acceptors (Lipinski definition) is 3. The zero-order valence-corrected chi connectivity index (χ0v) is 16.8. The number of hydrogen-bond donors (Lipinski definition) is 2. The van der Waals surface area contributed by atoms with Crippen LogP contribution in [0.1, 0.15) is 93.5 Å². The average Bonchev–Trinajstić information content (AvgIpc) is 2.66. The van der Waals surface area contributed by atoms with Gasteiger partial charge in [-0.25, -0.2) is 5.06 Å². The zero-order valence-electron chi connectivity index (χ0n) is 16.8. The van der Waals surface area contributed by atoms with Crippen LogP contribution >= 0.6 is 0 Å². The lowest BCUT2D eigenvalue weighted by molar-refractivity contribution is -0.118. The zero-order chi connectivity index (χ0) is 19.9. The number of benzene rings is 1. The molecule has 0 saturated carbocycles. The van der Waals surface area contributed by atoms with Crippen LogP contribution in [0.2, 0.25) is 0 Å². The number of primary amides is 1. The molecule has 0 saturated heterocycles. The lowest BCUT2D eigenvalue weighted by atomic mass is 10.0. The van der Waals surface area contributed by atoms with Crippen molar-refractivity contribution in [3.63, 3.8) is 0 Å². The molecule has 2 amide bonds. The van der Waals surface area contributed by atoms with Gasteiger partial charge in [0.25, 0.3) is 5.91 Å². The average molecular weight is 377 g/mol. The van der Waals surface area contributed by atoms with Gasteiger partial charge in [-0.2, -0.15) is 0 Å². The van der Waals surface area contributed by atoms with E-state index in [9.17, 15) is 14.8 Å². The van der Waals surface area contributed by atoms with E-state index in [2.05, 4.69) is 6.92 Å². The molecule has 0 unspecified atom stereocenters. The molecule has 3 N–H and O–H groups in total. The molecule has 0 fully saturated rings. The third-order valence-electron chi connectivity index (χ3n) is 4.80. The van der Waals surface area contributed by atoms with Crippen molar-refractivity contribution in [1.82, 2.24) is 5.06 Å². The first-order valence-corrected chi connectivity index (χ1v) is 10.4. The van der Waals surface area contributed by atoms with E-state index in [1.165, 1.54) is 63.4 Å². The molecule has 0 spiro atoms. The van der Waals surface area contributed by atoms with Crippen LogP contribution in [0.15, 0.2) is 24.3 Å². The van der Waals surface area contributed by atoms with Crippen molar-refractivity contribution >= 4 is 11.8 Å². The largest absolute Gasteiger partial charge is 0.370 e. The molecule has 0 aromatic heterocycles. The predicted molar refractivity (Wildman–Crippen MR) is 109 cm³/mol. The molecule has 0 radical (unpaired) electrons. The number of unbranched alkanes of at least 4 members (excludes halogenated alkanes) is 8. The summed E-state index contributed by atoms with van der Waals surface area (Å²) in [5.41, 5.74) is 6.72. The van der Waals surface area contributed by atoms with Crippen molar-refractivity contribution in [3.05, 3.63) is 35.4 Å². The number of hydroxylamine groups is 2. The Bertz CT molecular complexity index is 543. The SMILES string of the molecule is CCCCCCCCCCCc1ccc(C(=O)N(O)CCCC(N)=O)cc1. The summed E-state index contributed by atoms with van der Waals surface area (Å²) in [5.74, 6) is -0.884. The van der Waals surface area contributed by atoms with E-state index in [4.69, 9.17) is 5.73 Å². The maximum Gasteiger partial charge on any atom is 0.277 e. The smallest absolute Gasteiger partial charge is 0.277 e. The molecule has 0 bridgehead atoms. The second-order valence-corrected chi connectivity index (χ2v) is 7.27. The molecular weight excluding hydrogens is 340 g/mol. The summed E-state index contributed by atoms with van der Waals surface area (Å²) >= 11 is 0. The maximum absolute atomic E-state index is 12.1. The van der Waals surface area contributed by atoms with Crippen LogP contribution in [0.5, 0.6) is 0 Å². The quantitative estimate of drug-likeness (QED) is 0.260. The van der Waals surface area contributed by atoms with Gasteiger partial charge in [0.1, 0.15) is 0 Å². The summed E-state index contributed by atoms with van der Waals surface area (Å²) in [5, 5.41) is 10.4. The molecular formula is C22H36N2O3. The highest BCUT2D eigenvalue weighted by molar-refractivity contribution is 5.93. The predicted octanol–water partition coefficient (Wildman–Crippen LogP) is 4.86. The number of carbonyl (C=O) groups excluding carboxylic acids is 2. The highest BCUT2D eigenvalue weighted by atomic mass is 16.5. The van der Waals surface area contributed by atoms with E-state index in [-0.39, 0.29) is 13.0 Å². The molecule has 5 nitrogen and oxygen atoms in total. The van der Waals surface area contributed by atoms with Gasteiger partial charge in [-0.15, -0.1) is 0 Å². The summed E-state index contributed by atoms with van der Waals surface area (Å²) in [6, 6.07) is 7.41. The van der Waals surface area contributed by atoms with E-state index >= 15 is 0 Å². The first kappa shape index (κ1) is 23.2. The van der Waals surface area contributed by atoms with Crippen molar-refractivity contribution in [3.8, 4) is 0 Å². The maximum atomic E-state index is 12.1. The van der Waals surface area contributed by atoms with Gasteiger partial charge in [0.2, 0.25) is 5.91 Å². The van der Waals surface area contributed by atoms with Crippen molar-refractivity contribution in [2.24, 2.45) is 5.73 Å². The molecule has 1 aromatic carbocycles. The van der Waals surface area contributed by atoms with Crippen molar-refractivity contribution in [2.45, 2.75) is 84.0 Å². The highest BCUT2D eigenvalue weighted by Crippen LogP contribution is 2.13. The normalized spacial score (nSPS) is 10.7. The summed E-state index contributed by atoms with van der Waals surface area (Å²) in [6.07, 6.45) is 13.3. The van der Waals surface area contributed by atoms with Crippen LogP contribution < -0.4 is 5.73 Å². The Labute approximate surface area is 163 Å². The molecule has 5 heteroatoms. The standard InChI is InChI=1S/C22H36N2O3/c1-2-3-4-5-6-7-8-9-10-12-19-14-16-20(17-15-19)22(26)24(27)18-11-13-21(23)25/h14-17,27H,2-13,18H2,1H3,(H2,23,25).